The molecule has 1 fully saturated rings. The van der Waals surface area contributed by atoms with Crippen molar-refractivity contribution in [2.45, 2.75) is 12.8 Å². The first kappa shape index (κ1) is 22.4. The largest absolute Gasteiger partial charge is 0.481 e. The fraction of sp³-hybridized carbons (Fsp3) is 0.308. The van der Waals surface area contributed by atoms with Crippen LogP contribution in [0.5, 0.6) is 5.88 Å². The van der Waals surface area contributed by atoms with Gasteiger partial charge in [0.05, 0.1) is 32.2 Å². The first-order valence-corrected chi connectivity index (χ1v) is 11.1. The number of nitrogens with zero attached hydrogens (tertiary/aromatic N) is 3. The molecule has 2 N–H and O–H groups in total. The Morgan fingerprint density at radius 2 is 2.09 bits per heavy atom. The molecule has 0 saturated carbocycles. The third-order valence-corrected chi connectivity index (χ3v) is 5.52. The van der Waals surface area contributed by atoms with Crippen LogP contribution >= 0.6 is 0 Å². The van der Waals surface area contributed by atoms with Crippen LogP contribution in [-0.4, -0.2) is 55.1 Å². The van der Waals surface area contributed by atoms with E-state index in [2.05, 4.69) is 62.0 Å². The Kier molecular flexibility index (Phi) is 7.62. The van der Waals surface area contributed by atoms with Gasteiger partial charge < -0.3 is 19.7 Å². The van der Waals surface area contributed by atoms with Crippen molar-refractivity contribution in [2.75, 3.05) is 44.9 Å². The van der Waals surface area contributed by atoms with Gasteiger partial charge in [-0.15, -0.1) is 0 Å². The second-order valence-corrected chi connectivity index (χ2v) is 7.79. The fourth-order valence-corrected chi connectivity index (χ4v) is 3.67. The Balaban J connectivity index is 1.49. The molecule has 33 heavy (non-hydrogen) atoms. The lowest BCUT2D eigenvalue weighted by Crippen LogP contribution is -2.36. The van der Waals surface area contributed by atoms with Crippen LogP contribution in [0.1, 0.15) is 28.7 Å². The molecule has 0 unspecified atom stereocenters. The number of hydrogen-bond acceptors (Lipinski definition) is 6. The lowest BCUT2D eigenvalue weighted by Gasteiger charge is -2.30. The van der Waals surface area contributed by atoms with Crippen molar-refractivity contribution < 1.29 is 9.47 Å². The summed E-state index contributed by atoms with van der Waals surface area (Å²) in [6, 6.07) is 10.1. The lowest BCUT2D eigenvalue weighted by molar-refractivity contribution is 0.122. The molecule has 7 heteroatoms. The number of ether oxygens (including phenoxy) is 2. The summed E-state index contributed by atoms with van der Waals surface area (Å²) in [6.07, 6.45) is 7.50. The number of aromatic amines is 1. The van der Waals surface area contributed by atoms with Crippen molar-refractivity contribution in [3.8, 4) is 17.7 Å². The molecule has 2 aromatic heterocycles. The van der Waals surface area contributed by atoms with Gasteiger partial charge in [0.25, 0.3) is 0 Å². The molecule has 1 saturated heterocycles. The number of methoxy groups -OCH3 is 1. The Morgan fingerprint density at radius 1 is 1.21 bits per heavy atom. The number of hydrogen-bond donors (Lipinski definition) is 2. The Morgan fingerprint density at radius 3 is 2.82 bits per heavy atom. The smallest absolute Gasteiger partial charge is 0.212 e. The molecule has 0 bridgehead atoms. The van der Waals surface area contributed by atoms with Gasteiger partial charge in [0.15, 0.2) is 0 Å². The number of rotatable bonds is 8. The van der Waals surface area contributed by atoms with E-state index in [1.807, 2.05) is 24.5 Å². The highest BCUT2D eigenvalue weighted by atomic mass is 16.5. The number of aryl methyl sites for hydroxylation is 1. The average molecular weight is 444 g/mol. The first-order valence-electron chi connectivity index (χ1n) is 11.1. The molecule has 1 aliphatic rings. The lowest BCUT2D eigenvalue weighted by atomic mass is 10.0. The van der Waals surface area contributed by atoms with Gasteiger partial charge in [0, 0.05) is 54.9 Å². The first-order chi connectivity index (χ1) is 16.2. The van der Waals surface area contributed by atoms with Crippen molar-refractivity contribution in [1.29, 1.82) is 0 Å². The van der Waals surface area contributed by atoms with E-state index in [0.717, 1.165) is 73.8 Å². The van der Waals surface area contributed by atoms with Gasteiger partial charge >= 0.3 is 0 Å². The van der Waals surface area contributed by atoms with Crippen LogP contribution in [0.2, 0.25) is 0 Å². The zero-order valence-electron chi connectivity index (χ0n) is 18.9. The van der Waals surface area contributed by atoms with Gasteiger partial charge in [0.1, 0.15) is 0 Å². The molecule has 0 spiro atoms. The third kappa shape index (κ3) is 6.15. The van der Waals surface area contributed by atoms with E-state index in [1.165, 1.54) is 5.56 Å². The highest BCUT2D eigenvalue weighted by Gasteiger charge is 2.15. The zero-order chi connectivity index (χ0) is 22.9. The predicted molar refractivity (Wildman–Crippen MR) is 130 cm³/mol. The monoisotopic (exact) mass is 443 g/mol. The number of nitrogens with one attached hydrogen (secondary N) is 2. The highest BCUT2D eigenvalue weighted by Crippen LogP contribution is 2.25. The number of morpholine rings is 1. The molecule has 170 valence electrons. The molecule has 0 atom stereocenters. The maximum Gasteiger partial charge on any atom is 0.212 e. The standard InChI is InChI=1S/C26H29N5O2/c1-20(27-11-3-4-22-18-29-30-19-22)23-8-9-25(31-12-14-33-15-13-31)24(16-23)7-5-21-6-10-26(32-2)28-17-21/h6,8-10,16-19,27H,1,3-4,11-15H2,2H3,(H,29,30). The molecular formula is C26H29N5O2. The van der Waals surface area contributed by atoms with E-state index in [1.54, 1.807) is 13.3 Å². The number of H-pyrrole nitrogens is 1. The number of benzene rings is 1. The number of aromatic nitrogens is 3. The van der Waals surface area contributed by atoms with Gasteiger partial charge in [-0.1, -0.05) is 24.5 Å². The second kappa shape index (κ2) is 11.2. The molecule has 3 aromatic rings. The molecule has 4 rings (SSSR count). The molecule has 3 heterocycles. The normalized spacial score (nSPS) is 13.2. The van der Waals surface area contributed by atoms with Gasteiger partial charge in [-0.2, -0.15) is 5.10 Å². The Labute approximate surface area is 194 Å². The van der Waals surface area contributed by atoms with Gasteiger partial charge in [-0.25, -0.2) is 4.98 Å². The molecule has 1 aromatic carbocycles. The predicted octanol–water partition coefficient (Wildman–Crippen LogP) is 3.24. The highest BCUT2D eigenvalue weighted by molar-refractivity contribution is 5.70. The average Bonchev–Trinajstić information content (AvgIpc) is 3.39. The minimum absolute atomic E-state index is 0.576. The van der Waals surface area contributed by atoms with Crippen LogP contribution in [-0.2, 0) is 11.2 Å². The van der Waals surface area contributed by atoms with Crippen LogP contribution in [0.3, 0.4) is 0 Å². The van der Waals surface area contributed by atoms with Gasteiger partial charge in [-0.05, 0) is 42.2 Å². The minimum atomic E-state index is 0.576. The zero-order valence-corrected chi connectivity index (χ0v) is 18.9. The fourth-order valence-electron chi connectivity index (χ4n) is 3.67. The van der Waals surface area contributed by atoms with Crippen molar-refractivity contribution in [2.24, 2.45) is 0 Å². The molecular weight excluding hydrogens is 414 g/mol. The molecule has 7 nitrogen and oxygen atoms in total. The van der Waals surface area contributed by atoms with Crippen LogP contribution in [0.15, 0.2) is 55.5 Å². The summed E-state index contributed by atoms with van der Waals surface area (Å²) in [5, 5.41) is 10.3. The van der Waals surface area contributed by atoms with E-state index in [-0.39, 0.29) is 0 Å². The summed E-state index contributed by atoms with van der Waals surface area (Å²) in [5.74, 6) is 7.17. The van der Waals surface area contributed by atoms with Crippen molar-refractivity contribution in [3.05, 3.63) is 77.8 Å². The molecule has 0 amide bonds. The van der Waals surface area contributed by atoms with Crippen LogP contribution in [0, 0.1) is 11.8 Å². The van der Waals surface area contributed by atoms with Gasteiger partial charge in [-0.3, -0.25) is 5.10 Å². The van der Waals surface area contributed by atoms with Crippen LogP contribution in [0.25, 0.3) is 5.70 Å². The number of anilines is 1. The van der Waals surface area contributed by atoms with Crippen LogP contribution in [0.4, 0.5) is 5.69 Å². The van der Waals surface area contributed by atoms with E-state index in [0.29, 0.717) is 5.88 Å². The number of pyridine rings is 1. The molecule has 1 aliphatic heterocycles. The summed E-state index contributed by atoms with van der Waals surface area (Å²) in [7, 11) is 1.60. The van der Waals surface area contributed by atoms with Gasteiger partial charge in [0.2, 0.25) is 5.88 Å². The summed E-state index contributed by atoms with van der Waals surface area (Å²) in [4.78, 5) is 6.57. The van der Waals surface area contributed by atoms with Crippen molar-refractivity contribution in [1.82, 2.24) is 20.5 Å². The summed E-state index contributed by atoms with van der Waals surface area (Å²) >= 11 is 0. The maximum absolute atomic E-state index is 5.53. The Hall–Kier alpha value is -3.76. The van der Waals surface area contributed by atoms with Crippen molar-refractivity contribution >= 4 is 11.4 Å². The molecule has 0 aliphatic carbocycles. The molecule has 0 radical (unpaired) electrons. The van der Waals surface area contributed by atoms with Crippen molar-refractivity contribution in [3.63, 3.8) is 0 Å². The maximum atomic E-state index is 5.53. The van der Waals surface area contributed by atoms with E-state index < -0.39 is 0 Å². The summed E-state index contributed by atoms with van der Waals surface area (Å²) < 4.78 is 10.7. The topological polar surface area (TPSA) is 75.3 Å². The van der Waals surface area contributed by atoms with E-state index >= 15 is 0 Å². The second-order valence-electron chi connectivity index (χ2n) is 7.79. The minimum Gasteiger partial charge on any atom is -0.481 e. The third-order valence-electron chi connectivity index (χ3n) is 5.52. The van der Waals surface area contributed by atoms with E-state index in [9.17, 15) is 0 Å². The Bertz CT molecular complexity index is 1110. The SMILES string of the molecule is C=C(NCCCc1cn[nH]c1)c1ccc(N2CCOCC2)c(C#Cc2ccc(OC)nc2)c1. The summed E-state index contributed by atoms with van der Waals surface area (Å²) in [5.41, 5.74) is 6.06. The van der Waals surface area contributed by atoms with Crippen LogP contribution < -0.4 is 15.0 Å². The van der Waals surface area contributed by atoms with E-state index in [4.69, 9.17) is 9.47 Å². The summed E-state index contributed by atoms with van der Waals surface area (Å²) in [6.45, 7) is 8.24. The quantitative estimate of drug-likeness (QED) is 0.411.